The van der Waals surface area contributed by atoms with Crippen LogP contribution in [0.15, 0.2) is 40.7 Å². The van der Waals surface area contributed by atoms with Crippen LogP contribution in [0.2, 0.25) is 0 Å². The highest BCUT2D eigenvalue weighted by Gasteiger charge is 2.36. The minimum Gasteiger partial charge on any atom is -0.493 e. The van der Waals surface area contributed by atoms with Gasteiger partial charge < -0.3 is 14.8 Å². The van der Waals surface area contributed by atoms with Crippen molar-refractivity contribution >= 4 is 23.7 Å². The SMILES string of the molecule is CCCOc1ccccc1C1C(C(=O)OCC)=C(C)Nc2nc(SCC)nn21. The summed E-state index contributed by atoms with van der Waals surface area (Å²) < 4.78 is 13.1. The molecule has 0 saturated heterocycles. The minimum absolute atomic E-state index is 0.303. The Hall–Kier alpha value is -2.48. The molecule has 0 radical (unpaired) electrons. The number of hydrogen-bond donors (Lipinski definition) is 1. The maximum Gasteiger partial charge on any atom is 0.338 e. The maximum atomic E-state index is 12.8. The highest BCUT2D eigenvalue weighted by Crippen LogP contribution is 2.40. The predicted octanol–water partition coefficient (Wildman–Crippen LogP) is 4.03. The van der Waals surface area contributed by atoms with Gasteiger partial charge in [0.2, 0.25) is 11.1 Å². The average Bonchev–Trinajstić information content (AvgIpc) is 3.08. The lowest BCUT2D eigenvalue weighted by Crippen LogP contribution is -2.30. The molecule has 0 aliphatic carbocycles. The molecule has 1 unspecified atom stereocenters. The zero-order valence-corrected chi connectivity index (χ0v) is 17.5. The first kappa shape index (κ1) is 20.3. The Morgan fingerprint density at radius 1 is 1.29 bits per heavy atom. The molecule has 28 heavy (non-hydrogen) atoms. The predicted molar refractivity (Wildman–Crippen MR) is 110 cm³/mol. The molecule has 2 aromatic rings. The summed E-state index contributed by atoms with van der Waals surface area (Å²) in [6.45, 7) is 8.67. The van der Waals surface area contributed by atoms with Crippen LogP contribution in [0.25, 0.3) is 0 Å². The molecule has 0 bridgehead atoms. The number of aromatic nitrogens is 3. The molecular weight excluding hydrogens is 376 g/mol. The molecule has 0 fully saturated rings. The second kappa shape index (κ2) is 9.14. The van der Waals surface area contributed by atoms with Crippen molar-refractivity contribution in [1.29, 1.82) is 0 Å². The van der Waals surface area contributed by atoms with Gasteiger partial charge in [0.25, 0.3) is 0 Å². The molecule has 1 aromatic heterocycles. The van der Waals surface area contributed by atoms with Crippen LogP contribution in [0.1, 0.15) is 45.7 Å². The fraction of sp³-hybridized carbons (Fsp3) is 0.450. The molecular formula is C20H26N4O3S. The van der Waals surface area contributed by atoms with Crippen molar-refractivity contribution in [2.24, 2.45) is 0 Å². The Balaban J connectivity index is 2.15. The van der Waals surface area contributed by atoms with Gasteiger partial charge in [-0.1, -0.05) is 43.8 Å². The van der Waals surface area contributed by atoms with Crippen molar-refractivity contribution in [2.45, 2.75) is 45.3 Å². The van der Waals surface area contributed by atoms with Crippen molar-refractivity contribution in [2.75, 3.05) is 24.3 Å². The van der Waals surface area contributed by atoms with Crippen LogP contribution >= 0.6 is 11.8 Å². The number of ether oxygens (including phenoxy) is 2. The highest BCUT2D eigenvalue weighted by molar-refractivity contribution is 7.99. The van der Waals surface area contributed by atoms with Gasteiger partial charge in [-0.05, 0) is 32.1 Å². The van der Waals surface area contributed by atoms with Gasteiger partial charge in [-0.3, -0.25) is 0 Å². The topological polar surface area (TPSA) is 78.3 Å². The first-order valence-corrected chi connectivity index (χ1v) is 10.5. The Labute approximate surface area is 169 Å². The number of nitrogens with zero attached hydrogens (tertiary/aromatic N) is 3. The molecule has 7 nitrogen and oxygen atoms in total. The van der Waals surface area contributed by atoms with Crippen molar-refractivity contribution in [3.8, 4) is 5.75 Å². The van der Waals surface area contributed by atoms with E-state index in [9.17, 15) is 4.79 Å². The van der Waals surface area contributed by atoms with Gasteiger partial charge in [0, 0.05) is 11.3 Å². The Morgan fingerprint density at radius 3 is 2.79 bits per heavy atom. The lowest BCUT2D eigenvalue weighted by molar-refractivity contribution is -0.139. The fourth-order valence-corrected chi connectivity index (χ4v) is 3.69. The molecule has 1 N–H and O–H groups in total. The smallest absolute Gasteiger partial charge is 0.338 e. The summed E-state index contributed by atoms with van der Waals surface area (Å²) >= 11 is 1.56. The van der Waals surface area contributed by atoms with Crippen LogP contribution in [0.3, 0.4) is 0 Å². The van der Waals surface area contributed by atoms with Gasteiger partial charge in [-0.15, -0.1) is 5.10 Å². The monoisotopic (exact) mass is 402 g/mol. The Morgan fingerprint density at radius 2 is 2.07 bits per heavy atom. The van der Waals surface area contributed by atoms with Gasteiger partial charge in [0.05, 0.1) is 18.8 Å². The molecule has 0 spiro atoms. The first-order chi connectivity index (χ1) is 13.6. The number of allylic oxidation sites excluding steroid dienone is 1. The largest absolute Gasteiger partial charge is 0.493 e. The average molecular weight is 403 g/mol. The minimum atomic E-state index is -0.470. The van der Waals surface area contributed by atoms with Crippen LogP contribution < -0.4 is 10.1 Å². The number of carbonyl (C=O) groups excluding carboxylic acids is 1. The molecule has 1 aliphatic heterocycles. The number of para-hydroxylation sites is 1. The second-order valence-electron chi connectivity index (χ2n) is 6.27. The number of nitrogens with one attached hydrogen (secondary N) is 1. The summed E-state index contributed by atoms with van der Waals surface area (Å²) in [6.07, 6.45) is 0.895. The van der Waals surface area contributed by atoms with E-state index in [1.165, 1.54) is 0 Å². The fourth-order valence-electron chi connectivity index (χ4n) is 3.13. The molecule has 1 aliphatic rings. The van der Waals surface area contributed by atoms with Crippen molar-refractivity contribution in [3.05, 3.63) is 41.1 Å². The molecule has 8 heteroatoms. The van der Waals surface area contributed by atoms with E-state index in [2.05, 4.69) is 29.2 Å². The third-order valence-electron chi connectivity index (χ3n) is 4.28. The van der Waals surface area contributed by atoms with Crippen molar-refractivity contribution in [3.63, 3.8) is 0 Å². The lowest BCUT2D eigenvalue weighted by atomic mass is 9.95. The van der Waals surface area contributed by atoms with Crippen LogP contribution in [-0.2, 0) is 9.53 Å². The summed E-state index contributed by atoms with van der Waals surface area (Å²) in [5.74, 6) is 1.84. The Bertz CT molecular complexity index is 878. The molecule has 150 valence electrons. The van der Waals surface area contributed by atoms with Crippen LogP contribution in [0.5, 0.6) is 5.75 Å². The van der Waals surface area contributed by atoms with Crippen molar-refractivity contribution < 1.29 is 14.3 Å². The lowest BCUT2D eigenvalue weighted by Gasteiger charge is -2.29. The van der Waals surface area contributed by atoms with E-state index in [4.69, 9.17) is 9.47 Å². The quantitative estimate of drug-likeness (QED) is 0.527. The van der Waals surface area contributed by atoms with Crippen LogP contribution in [0, 0.1) is 0 Å². The Kier molecular flexibility index (Phi) is 6.61. The number of esters is 1. The van der Waals surface area contributed by atoms with E-state index in [1.54, 1.807) is 23.4 Å². The van der Waals surface area contributed by atoms with Gasteiger partial charge in [-0.2, -0.15) is 4.98 Å². The number of rotatable bonds is 8. The van der Waals surface area contributed by atoms with E-state index in [-0.39, 0.29) is 5.97 Å². The molecule has 0 amide bonds. The van der Waals surface area contributed by atoms with E-state index in [1.807, 2.05) is 31.2 Å². The third kappa shape index (κ3) is 4.01. The molecule has 2 heterocycles. The van der Waals surface area contributed by atoms with E-state index in [0.717, 1.165) is 23.5 Å². The standard InChI is InChI=1S/C20H26N4O3S/c1-5-12-27-15-11-9-8-10-14(15)17-16(18(25)26-6-2)13(4)21-19-22-20(28-7-3)23-24(17)19/h8-11,17H,5-7,12H2,1-4H3,(H,21,22,23). The third-order valence-corrected chi connectivity index (χ3v) is 5.00. The second-order valence-corrected chi connectivity index (χ2v) is 7.50. The molecule has 1 atom stereocenters. The van der Waals surface area contributed by atoms with Gasteiger partial charge in [0.15, 0.2) is 0 Å². The first-order valence-electron chi connectivity index (χ1n) is 9.56. The summed E-state index contributed by atoms with van der Waals surface area (Å²) in [4.78, 5) is 17.4. The number of anilines is 1. The zero-order chi connectivity index (χ0) is 20.1. The van der Waals surface area contributed by atoms with Crippen LogP contribution in [-0.4, -0.2) is 39.7 Å². The number of hydrogen-bond acceptors (Lipinski definition) is 7. The number of benzene rings is 1. The van der Waals surface area contributed by atoms with E-state index >= 15 is 0 Å². The maximum absolute atomic E-state index is 12.8. The number of carbonyl (C=O) groups is 1. The van der Waals surface area contributed by atoms with Crippen molar-refractivity contribution in [1.82, 2.24) is 14.8 Å². The number of fused-ring (bicyclic) bond motifs is 1. The van der Waals surface area contributed by atoms with E-state index < -0.39 is 6.04 Å². The summed E-state index contributed by atoms with van der Waals surface area (Å²) in [7, 11) is 0. The zero-order valence-electron chi connectivity index (χ0n) is 16.7. The molecule has 1 aromatic carbocycles. The summed E-state index contributed by atoms with van der Waals surface area (Å²) in [5.41, 5.74) is 2.08. The summed E-state index contributed by atoms with van der Waals surface area (Å²) in [5, 5.41) is 8.53. The van der Waals surface area contributed by atoms with Gasteiger partial charge >= 0.3 is 5.97 Å². The van der Waals surface area contributed by atoms with E-state index in [0.29, 0.717) is 35.6 Å². The number of thioether (sulfide) groups is 1. The molecule has 3 rings (SSSR count). The summed E-state index contributed by atoms with van der Waals surface area (Å²) in [6, 6.07) is 7.28. The normalized spacial score (nSPS) is 15.8. The van der Waals surface area contributed by atoms with Gasteiger partial charge in [-0.25, -0.2) is 9.48 Å². The van der Waals surface area contributed by atoms with Crippen LogP contribution in [0.4, 0.5) is 5.95 Å². The van der Waals surface area contributed by atoms with Gasteiger partial charge in [0.1, 0.15) is 11.8 Å². The molecule has 0 saturated carbocycles. The highest BCUT2D eigenvalue weighted by atomic mass is 32.2.